The molecule has 0 bridgehead atoms. The molecule has 0 fully saturated rings. The van der Waals surface area contributed by atoms with Crippen molar-refractivity contribution in [1.82, 2.24) is 4.57 Å². The lowest BCUT2D eigenvalue weighted by Crippen LogP contribution is -2.11. The van der Waals surface area contributed by atoms with Gasteiger partial charge in [-0.2, -0.15) is 13.2 Å². The number of hydrogen-bond acceptors (Lipinski definition) is 1. The van der Waals surface area contributed by atoms with Crippen LogP contribution in [0.1, 0.15) is 20.3 Å². The standard InChI is InChI=1S/C14H16F3NO/c1-10(2)19-13-5-3-4-12-11(13)6-8-18(12)9-7-14(15,16)17/h3-6,8,10H,7,9H2,1-2H3. The lowest BCUT2D eigenvalue weighted by molar-refractivity contribution is -0.136. The molecule has 0 amide bonds. The van der Waals surface area contributed by atoms with E-state index in [0.717, 1.165) is 10.9 Å². The van der Waals surface area contributed by atoms with Crippen molar-refractivity contribution < 1.29 is 17.9 Å². The lowest BCUT2D eigenvalue weighted by atomic mass is 10.2. The van der Waals surface area contributed by atoms with E-state index in [1.807, 2.05) is 19.9 Å². The van der Waals surface area contributed by atoms with Crippen LogP contribution in [0.5, 0.6) is 5.75 Å². The summed E-state index contributed by atoms with van der Waals surface area (Å²) in [6.07, 6.45) is -3.26. The van der Waals surface area contributed by atoms with E-state index in [4.69, 9.17) is 4.74 Å². The van der Waals surface area contributed by atoms with Gasteiger partial charge in [0.1, 0.15) is 5.75 Å². The molecule has 0 atom stereocenters. The van der Waals surface area contributed by atoms with E-state index in [2.05, 4.69) is 0 Å². The van der Waals surface area contributed by atoms with E-state index in [9.17, 15) is 13.2 Å². The molecule has 0 aliphatic heterocycles. The van der Waals surface area contributed by atoms with E-state index >= 15 is 0 Å². The van der Waals surface area contributed by atoms with E-state index in [1.54, 1.807) is 29.0 Å². The second-order valence-corrected chi connectivity index (χ2v) is 4.73. The minimum Gasteiger partial charge on any atom is -0.490 e. The summed E-state index contributed by atoms with van der Waals surface area (Å²) < 4.78 is 44.0. The van der Waals surface area contributed by atoms with Gasteiger partial charge >= 0.3 is 6.18 Å². The summed E-state index contributed by atoms with van der Waals surface area (Å²) in [5.41, 5.74) is 0.766. The van der Waals surface area contributed by atoms with E-state index in [0.29, 0.717) is 5.75 Å². The molecule has 2 nitrogen and oxygen atoms in total. The first kappa shape index (κ1) is 13.8. The highest BCUT2D eigenvalue weighted by Gasteiger charge is 2.26. The highest BCUT2D eigenvalue weighted by Crippen LogP contribution is 2.29. The number of halogens is 3. The van der Waals surface area contributed by atoms with Gasteiger partial charge in [-0.15, -0.1) is 0 Å². The Morgan fingerprint density at radius 1 is 1.21 bits per heavy atom. The second-order valence-electron chi connectivity index (χ2n) is 4.73. The zero-order valence-electron chi connectivity index (χ0n) is 10.9. The number of benzene rings is 1. The van der Waals surface area contributed by atoms with Crippen molar-refractivity contribution in [1.29, 1.82) is 0 Å². The fraction of sp³-hybridized carbons (Fsp3) is 0.429. The van der Waals surface area contributed by atoms with Gasteiger partial charge in [-0.05, 0) is 32.0 Å². The van der Waals surface area contributed by atoms with E-state index in [1.165, 1.54) is 0 Å². The second kappa shape index (κ2) is 5.15. The fourth-order valence-electron chi connectivity index (χ4n) is 1.99. The summed E-state index contributed by atoms with van der Waals surface area (Å²) in [5, 5.41) is 0.846. The van der Waals surface area contributed by atoms with Crippen LogP contribution in [0.15, 0.2) is 30.5 Å². The number of aromatic nitrogens is 1. The molecule has 0 aliphatic carbocycles. The Kier molecular flexibility index (Phi) is 3.73. The summed E-state index contributed by atoms with van der Waals surface area (Å²) in [4.78, 5) is 0. The molecule has 2 aromatic rings. The number of aryl methyl sites for hydroxylation is 1. The summed E-state index contributed by atoms with van der Waals surface area (Å²) >= 11 is 0. The Labute approximate surface area is 109 Å². The number of fused-ring (bicyclic) bond motifs is 1. The monoisotopic (exact) mass is 271 g/mol. The zero-order chi connectivity index (χ0) is 14.0. The minimum absolute atomic E-state index is 0.0316. The molecule has 19 heavy (non-hydrogen) atoms. The predicted octanol–water partition coefficient (Wildman–Crippen LogP) is 4.38. The predicted molar refractivity (Wildman–Crippen MR) is 68.4 cm³/mol. The molecule has 0 saturated carbocycles. The lowest BCUT2D eigenvalue weighted by Gasteiger charge is -2.12. The molecular formula is C14H16F3NO. The SMILES string of the molecule is CC(C)Oc1cccc2c1ccn2CCC(F)(F)F. The topological polar surface area (TPSA) is 14.2 Å². The van der Waals surface area contributed by atoms with Crippen LogP contribution in [0.4, 0.5) is 13.2 Å². The van der Waals surface area contributed by atoms with Crippen molar-refractivity contribution in [2.45, 2.75) is 39.1 Å². The molecule has 0 spiro atoms. The van der Waals surface area contributed by atoms with Crippen molar-refractivity contribution in [2.75, 3.05) is 0 Å². The molecular weight excluding hydrogens is 255 g/mol. The van der Waals surface area contributed by atoms with E-state index in [-0.39, 0.29) is 12.6 Å². The molecule has 0 unspecified atom stereocenters. The number of alkyl halides is 3. The van der Waals surface area contributed by atoms with Crippen molar-refractivity contribution in [3.05, 3.63) is 30.5 Å². The number of nitrogens with zero attached hydrogens (tertiary/aromatic N) is 1. The van der Waals surface area contributed by atoms with Crippen LogP contribution in [0.3, 0.4) is 0 Å². The van der Waals surface area contributed by atoms with Gasteiger partial charge < -0.3 is 9.30 Å². The van der Waals surface area contributed by atoms with Crippen molar-refractivity contribution in [2.24, 2.45) is 0 Å². The molecule has 0 saturated heterocycles. The maximum atomic E-state index is 12.3. The first-order valence-electron chi connectivity index (χ1n) is 6.18. The van der Waals surface area contributed by atoms with Gasteiger partial charge in [0.2, 0.25) is 0 Å². The van der Waals surface area contributed by atoms with Gasteiger partial charge in [-0.1, -0.05) is 6.07 Å². The molecule has 0 radical (unpaired) electrons. The summed E-state index contributed by atoms with van der Waals surface area (Å²) in [6.45, 7) is 3.76. The third-order valence-corrected chi connectivity index (χ3v) is 2.77. The van der Waals surface area contributed by atoms with Gasteiger partial charge in [0.25, 0.3) is 0 Å². The Bertz CT molecular complexity index is 557. The van der Waals surface area contributed by atoms with Gasteiger partial charge in [0.05, 0.1) is 18.0 Å². The Morgan fingerprint density at radius 3 is 2.58 bits per heavy atom. The summed E-state index contributed by atoms with van der Waals surface area (Å²) in [7, 11) is 0. The van der Waals surface area contributed by atoms with Crippen LogP contribution < -0.4 is 4.74 Å². The number of ether oxygens (including phenoxy) is 1. The first-order chi connectivity index (χ1) is 8.87. The number of hydrogen-bond donors (Lipinski definition) is 0. The van der Waals surface area contributed by atoms with Gasteiger partial charge in [-0.3, -0.25) is 0 Å². The maximum Gasteiger partial charge on any atom is 0.390 e. The molecule has 0 N–H and O–H groups in total. The van der Waals surface area contributed by atoms with Crippen molar-refractivity contribution in [3.63, 3.8) is 0 Å². The van der Waals surface area contributed by atoms with Crippen molar-refractivity contribution >= 4 is 10.9 Å². The Hall–Kier alpha value is -1.65. The summed E-state index contributed by atoms with van der Waals surface area (Å²) in [6, 6.07) is 7.23. The Balaban J connectivity index is 2.28. The summed E-state index contributed by atoms with van der Waals surface area (Å²) in [5.74, 6) is 0.707. The first-order valence-corrected chi connectivity index (χ1v) is 6.18. The van der Waals surface area contributed by atoms with Crippen LogP contribution in [-0.2, 0) is 6.54 Å². The average Bonchev–Trinajstić information content (AvgIpc) is 2.69. The number of rotatable bonds is 4. The third kappa shape index (κ3) is 3.43. The normalized spacial score (nSPS) is 12.3. The third-order valence-electron chi connectivity index (χ3n) is 2.77. The Morgan fingerprint density at radius 2 is 1.95 bits per heavy atom. The van der Waals surface area contributed by atoms with Crippen LogP contribution in [0.2, 0.25) is 0 Å². The minimum atomic E-state index is -4.14. The molecule has 0 aliphatic rings. The van der Waals surface area contributed by atoms with Crippen LogP contribution in [0, 0.1) is 0 Å². The van der Waals surface area contributed by atoms with Crippen molar-refractivity contribution in [3.8, 4) is 5.75 Å². The zero-order valence-corrected chi connectivity index (χ0v) is 10.9. The largest absolute Gasteiger partial charge is 0.490 e. The molecule has 2 rings (SSSR count). The van der Waals surface area contributed by atoms with Crippen LogP contribution in [0.25, 0.3) is 10.9 Å². The molecule has 1 heterocycles. The van der Waals surface area contributed by atoms with Gasteiger partial charge in [0.15, 0.2) is 0 Å². The molecule has 1 aromatic heterocycles. The smallest absolute Gasteiger partial charge is 0.390 e. The highest BCUT2D eigenvalue weighted by molar-refractivity contribution is 5.86. The maximum absolute atomic E-state index is 12.3. The van der Waals surface area contributed by atoms with Gasteiger partial charge in [-0.25, -0.2) is 0 Å². The van der Waals surface area contributed by atoms with Crippen LogP contribution in [-0.4, -0.2) is 16.8 Å². The van der Waals surface area contributed by atoms with Crippen LogP contribution >= 0.6 is 0 Å². The van der Waals surface area contributed by atoms with E-state index < -0.39 is 12.6 Å². The molecule has 5 heteroatoms. The van der Waals surface area contributed by atoms with Gasteiger partial charge in [0, 0.05) is 18.1 Å². The average molecular weight is 271 g/mol. The highest BCUT2D eigenvalue weighted by atomic mass is 19.4. The quantitative estimate of drug-likeness (QED) is 0.804. The molecule has 104 valence electrons. The molecule has 1 aromatic carbocycles. The fourth-order valence-corrected chi connectivity index (χ4v) is 1.99.